The van der Waals surface area contributed by atoms with E-state index in [0.29, 0.717) is 5.92 Å². The summed E-state index contributed by atoms with van der Waals surface area (Å²) < 4.78 is 0.727. The minimum atomic E-state index is 0.115. The number of H-pyrrole nitrogens is 1. The molecule has 0 aliphatic heterocycles. The second-order valence-corrected chi connectivity index (χ2v) is 6.17. The predicted octanol–water partition coefficient (Wildman–Crippen LogP) is 4.09. The van der Waals surface area contributed by atoms with Crippen LogP contribution in [0.4, 0.5) is 0 Å². The standard InChI is InChI=1S/C13H20N2S/c1-13(2,3)10-8-11(16)15-12(14-10)9-6-4-5-7-9/h8-9H,4-7H2,1-3H3,(H,14,15,16). The van der Waals surface area contributed by atoms with Crippen molar-refractivity contribution in [1.29, 1.82) is 0 Å². The molecule has 1 saturated carbocycles. The average molecular weight is 236 g/mol. The molecule has 0 saturated heterocycles. The monoisotopic (exact) mass is 236 g/mol. The number of hydrogen-bond acceptors (Lipinski definition) is 2. The summed E-state index contributed by atoms with van der Waals surface area (Å²) in [4.78, 5) is 7.98. The smallest absolute Gasteiger partial charge is 0.130 e. The van der Waals surface area contributed by atoms with Gasteiger partial charge in [0.1, 0.15) is 10.5 Å². The van der Waals surface area contributed by atoms with Gasteiger partial charge < -0.3 is 4.98 Å². The van der Waals surface area contributed by atoms with Crippen molar-refractivity contribution in [3.8, 4) is 0 Å². The van der Waals surface area contributed by atoms with Crippen LogP contribution in [0.25, 0.3) is 0 Å². The van der Waals surface area contributed by atoms with E-state index in [-0.39, 0.29) is 5.41 Å². The summed E-state index contributed by atoms with van der Waals surface area (Å²) in [7, 11) is 0. The Balaban J connectivity index is 2.39. The summed E-state index contributed by atoms with van der Waals surface area (Å²) in [6.07, 6.45) is 5.16. The van der Waals surface area contributed by atoms with Crippen LogP contribution in [0.5, 0.6) is 0 Å². The van der Waals surface area contributed by atoms with Gasteiger partial charge in [-0.1, -0.05) is 45.8 Å². The minimum absolute atomic E-state index is 0.115. The lowest BCUT2D eigenvalue weighted by atomic mass is 9.92. The molecule has 1 aliphatic rings. The molecule has 0 amide bonds. The van der Waals surface area contributed by atoms with Crippen LogP contribution in [0, 0.1) is 4.64 Å². The summed E-state index contributed by atoms with van der Waals surface area (Å²) in [5, 5.41) is 0. The lowest BCUT2D eigenvalue weighted by Crippen LogP contribution is -2.16. The van der Waals surface area contributed by atoms with Gasteiger partial charge in [0, 0.05) is 17.0 Å². The molecule has 0 bridgehead atoms. The first-order valence-corrected chi connectivity index (χ1v) is 6.49. The van der Waals surface area contributed by atoms with E-state index in [0.717, 1.165) is 10.5 Å². The van der Waals surface area contributed by atoms with E-state index in [4.69, 9.17) is 12.2 Å². The topological polar surface area (TPSA) is 28.7 Å². The fourth-order valence-electron chi connectivity index (χ4n) is 2.27. The lowest BCUT2D eigenvalue weighted by Gasteiger charge is -2.20. The number of aromatic nitrogens is 2. The van der Waals surface area contributed by atoms with E-state index < -0.39 is 0 Å². The Morgan fingerprint density at radius 3 is 2.50 bits per heavy atom. The molecule has 0 atom stereocenters. The van der Waals surface area contributed by atoms with E-state index in [2.05, 4.69) is 30.7 Å². The number of hydrogen-bond donors (Lipinski definition) is 1. The Kier molecular flexibility index (Phi) is 3.15. The minimum Gasteiger partial charge on any atom is -0.346 e. The van der Waals surface area contributed by atoms with Crippen LogP contribution in [0.2, 0.25) is 0 Å². The molecule has 1 N–H and O–H groups in total. The first kappa shape index (κ1) is 11.8. The van der Waals surface area contributed by atoms with Gasteiger partial charge in [-0.3, -0.25) is 0 Å². The van der Waals surface area contributed by atoms with E-state index >= 15 is 0 Å². The largest absolute Gasteiger partial charge is 0.346 e. The summed E-state index contributed by atoms with van der Waals surface area (Å²) >= 11 is 5.26. The second kappa shape index (κ2) is 4.28. The molecule has 0 aromatic carbocycles. The van der Waals surface area contributed by atoms with Gasteiger partial charge in [0.15, 0.2) is 0 Å². The van der Waals surface area contributed by atoms with Crippen LogP contribution in [0.1, 0.15) is 63.9 Å². The normalized spacial score (nSPS) is 17.9. The molecule has 0 unspecified atom stereocenters. The third kappa shape index (κ3) is 2.51. The van der Waals surface area contributed by atoms with Gasteiger partial charge in [0.25, 0.3) is 0 Å². The summed E-state index contributed by atoms with van der Waals surface area (Å²) in [6.45, 7) is 6.60. The highest BCUT2D eigenvalue weighted by Crippen LogP contribution is 2.33. The third-order valence-corrected chi connectivity index (χ3v) is 3.52. The van der Waals surface area contributed by atoms with Crippen molar-refractivity contribution in [3.63, 3.8) is 0 Å². The summed E-state index contributed by atoms with van der Waals surface area (Å²) in [5.41, 5.74) is 1.32. The Hall–Kier alpha value is -0.700. The maximum absolute atomic E-state index is 5.26. The van der Waals surface area contributed by atoms with Crippen molar-refractivity contribution in [2.24, 2.45) is 0 Å². The summed E-state index contributed by atoms with van der Waals surface area (Å²) in [5.74, 6) is 1.71. The van der Waals surface area contributed by atoms with Crippen LogP contribution < -0.4 is 0 Å². The van der Waals surface area contributed by atoms with E-state index in [1.165, 1.54) is 31.4 Å². The van der Waals surface area contributed by atoms with E-state index in [1.54, 1.807) is 0 Å². The molecule has 1 heterocycles. The Labute approximate surface area is 103 Å². The zero-order valence-corrected chi connectivity index (χ0v) is 11.2. The zero-order chi connectivity index (χ0) is 11.8. The molecule has 1 aliphatic carbocycles. The quantitative estimate of drug-likeness (QED) is 0.744. The molecule has 1 aromatic rings. The highest BCUT2D eigenvalue weighted by molar-refractivity contribution is 7.71. The van der Waals surface area contributed by atoms with Crippen molar-refractivity contribution < 1.29 is 0 Å². The highest BCUT2D eigenvalue weighted by atomic mass is 32.1. The van der Waals surface area contributed by atoms with Gasteiger partial charge in [-0.15, -0.1) is 0 Å². The third-order valence-electron chi connectivity index (χ3n) is 3.31. The van der Waals surface area contributed by atoms with Gasteiger partial charge in [0.05, 0.1) is 0 Å². The van der Waals surface area contributed by atoms with Gasteiger partial charge in [0.2, 0.25) is 0 Å². The maximum atomic E-state index is 5.26. The summed E-state index contributed by atoms with van der Waals surface area (Å²) in [6, 6.07) is 1.99. The first-order valence-electron chi connectivity index (χ1n) is 6.08. The van der Waals surface area contributed by atoms with Crippen LogP contribution in [0.3, 0.4) is 0 Å². The molecule has 16 heavy (non-hydrogen) atoms. The maximum Gasteiger partial charge on any atom is 0.130 e. The lowest BCUT2D eigenvalue weighted by molar-refractivity contribution is 0.551. The zero-order valence-electron chi connectivity index (χ0n) is 10.3. The molecule has 2 nitrogen and oxygen atoms in total. The van der Waals surface area contributed by atoms with Crippen molar-refractivity contribution in [2.45, 2.75) is 57.8 Å². The molecule has 88 valence electrons. The fourth-order valence-corrected chi connectivity index (χ4v) is 2.49. The Morgan fingerprint density at radius 1 is 1.31 bits per heavy atom. The van der Waals surface area contributed by atoms with Crippen molar-refractivity contribution >= 4 is 12.2 Å². The van der Waals surface area contributed by atoms with Crippen LogP contribution in [-0.2, 0) is 5.41 Å². The number of rotatable bonds is 1. The Morgan fingerprint density at radius 2 is 1.94 bits per heavy atom. The van der Waals surface area contributed by atoms with Crippen molar-refractivity contribution in [2.75, 3.05) is 0 Å². The molecular formula is C13H20N2S. The van der Waals surface area contributed by atoms with E-state index in [1.807, 2.05) is 6.07 Å². The van der Waals surface area contributed by atoms with Crippen LogP contribution >= 0.6 is 12.2 Å². The van der Waals surface area contributed by atoms with Gasteiger partial charge in [-0.05, 0) is 18.9 Å². The van der Waals surface area contributed by atoms with Crippen molar-refractivity contribution in [1.82, 2.24) is 9.97 Å². The number of nitrogens with zero attached hydrogens (tertiary/aromatic N) is 1. The molecule has 1 fully saturated rings. The molecule has 0 radical (unpaired) electrons. The SMILES string of the molecule is CC(C)(C)c1cc(=S)nc(C2CCCC2)[nH]1. The fraction of sp³-hybridized carbons (Fsp3) is 0.692. The molecule has 1 aromatic heterocycles. The van der Waals surface area contributed by atoms with Crippen molar-refractivity contribution in [3.05, 3.63) is 22.2 Å². The van der Waals surface area contributed by atoms with E-state index in [9.17, 15) is 0 Å². The molecular weight excluding hydrogens is 216 g/mol. The molecule has 0 spiro atoms. The second-order valence-electron chi connectivity index (χ2n) is 5.75. The van der Waals surface area contributed by atoms with Gasteiger partial charge >= 0.3 is 0 Å². The van der Waals surface area contributed by atoms with Gasteiger partial charge in [-0.2, -0.15) is 0 Å². The van der Waals surface area contributed by atoms with Crippen LogP contribution in [-0.4, -0.2) is 9.97 Å². The number of nitrogens with one attached hydrogen (secondary N) is 1. The predicted molar refractivity (Wildman–Crippen MR) is 69.3 cm³/mol. The van der Waals surface area contributed by atoms with Crippen LogP contribution in [0.15, 0.2) is 6.07 Å². The molecule has 3 heteroatoms. The Bertz CT molecular complexity index is 422. The van der Waals surface area contributed by atoms with Gasteiger partial charge in [-0.25, -0.2) is 4.98 Å². The molecule has 2 rings (SSSR count). The first-order chi connectivity index (χ1) is 7.47. The average Bonchev–Trinajstić information content (AvgIpc) is 2.68. The number of aromatic amines is 1. The highest BCUT2D eigenvalue weighted by Gasteiger charge is 2.21.